The normalized spacial score (nSPS) is 25.5. The van der Waals surface area contributed by atoms with Crippen molar-refractivity contribution in [2.75, 3.05) is 13.7 Å². The van der Waals surface area contributed by atoms with E-state index in [1.807, 2.05) is 49.7 Å². The van der Waals surface area contributed by atoms with E-state index in [1.165, 1.54) is 7.11 Å². The van der Waals surface area contributed by atoms with Crippen molar-refractivity contribution in [1.29, 1.82) is 0 Å². The fourth-order valence-electron chi connectivity index (χ4n) is 3.89. The predicted octanol–water partition coefficient (Wildman–Crippen LogP) is 1.02. The summed E-state index contributed by atoms with van der Waals surface area (Å²) in [5.41, 5.74) is 3.06. The molecular weight excluding hydrogens is 426 g/mol. The molecule has 0 radical (unpaired) electrons. The van der Waals surface area contributed by atoms with Crippen molar-refractivity contribution in [3.8, 4) is 11.5 Å². The van der Waals surface area contributed by atoms with Crippen LogP contribution in [0.2, 0.25) is 0 Å². The number of para-hydroxylation sites is 1. The number of aliphatic hydroxyl groups excluding tert-OH is 4. The number of benzene rings is 2. The van der Waals surface area contributed by atoms with E-state index in [0.29, 0.717) is 5.75 Å². The van der Waals surface area contributed by atoms with E-state index in [-0.39, 0.29) is 5.75 Å². The Balaban J connectivity index is 1.56. The average Bonchev–Trinajstić information content (AvgIpc) is 2.84. The Morgan fingerprint density at radius 3 is 2.52 bits per heavy atom. The number of methoxy groups -OCH3 is 1. The molecule has 0 amide bonds. The summed E-state index contributed by atoms with van der Waals surface area (Å²) in [4.78, 5) is 0. The van der Waals surface area contributed by atoms with E-state index in [0.717, 1.165) is 22.0 Å². The van der Waals surface area contributed by atoms with Crippen molar-refractivity contribution < 1.29 is 39.2 Å². The number of hydrogen-bond donors (Lipinski definition) is 4. The van der Waals surface area contributed by atoms with Crippen LogP contribution >= 0.6 is 0 Å². The second-order valence-corrected chi connectivity index (χ2v) is 7.96. The van der Waals surface area contributed by atoms with Crippen LogP contribution in [-0.4, -0.2) is 64.8 Å². The minimum atomic E-state index is -1.52. The quantitative estimate of drug-likeness (QED) is 0.412. The summed E-state index contributed by atoms with van der Waals surface area (Å²) in [5, 5.41) is 40.6. The van der Waals surface area contributed by atoms with Gasteiger partial charge < -0.3 is 34.6 Å². The van der Waals surface area contributed by atoms with Crippen LogP contribution in [-0.2, 0) is 11.8 Å². The minimum absolute atomic E-state index is 0.288. The van der Waals surface area contributed by atoms with Gasteiger partial charge in [-0.3, -0.25) is 0 Å². The van der Waals surface area contributed by atoms with Gasteiger partial charge in [-0.2, -0.15) is 0 Å². The first kappa shape index (κ1) is 23.2. The first-order valence-corrected chi connectivity index (χ1v) is 10.6. The summed E-state index contributed by atoms with van der Waals surface area (Å²) < 4.78 is 18.7. The van der Waals surface area contributed by atoms with Crippen LogP contribution in [0.1, 0.15) is 11.1 Å². The van der Waals surface area contributed by atoms with Crippen molar-refractivity contribution in [2.45, 2.75) is 30.7 Å². The molecule has 8 heteroatoms. The number of fused-ring (bicyclic) bond motifs is 1. The molecule has 0 unspecified atom stereocenters. The molecule has 0 spiro atoms. The first-order chi connectivity index (χ1) is 15.9. The van der Waals surface area contributed by atoms with Gasteiger partial charge in [0.25, 0.3) is 0 Å². The third-order valence-corrected chi connectivity index (χ3v) is 5.81. The molecule has 8 nitrogen and oxygen atoms in total. The van der Waals surface area contributed by atoms with Gasteiger partial charge in [0.2, 0.25) is 11.8 Å². The van der Waals surface area contributed by atoms with Crippen LogP contribution in [0, 0.1) is 0 Å². The van der Waals surface area contributed by atoms with Crippen molar-refractivity contribution >= 4 is 23.1 Å². The van der Waals surface area contributed by atoms with Crippen LogP contribution in [0.3, 0.4) is 0 Å². The van der Waals surface area contributed by atoms with Crippen LogP contribution in [0.15, 0.2) is 54.7 Å². The highest BCUT2D eigenvalue weighted by Gasteiger charge is 2.44. The highest BCUT2D eigenvalue weighted by Crippen LogP contribution is 2.32. The summed E-state index contributed by atoms with van der Waals surface area (Å²) >= 11 is 0. The van der Waals surface area contributed by atoms with E-state index in [4.69, 9.17) is 14.2 Å². The molecule has 0 bridgehead atoms. The third-order valence-electron chi connectivity index (χ3n) is 5.81. The number of aromatic nitrogens is 1. The maximum Gasteiger partial charge on any atom is 0.229 e. The van der Waals surface area contributed by atoms with Gasteiger partial charge >= 0.3 is 0 Å². The Labute approximate surface area is 191 Å². The molecule has 1 saturated heterocycles. The van der Waals surface area contributed by atoms with Crippen molar-refractivity contribution in [1.82, 2.24) is 0 Å². The monoisotopic (exact) mass is 454 g/mol. The second-order valence-electron chi connectivity index (χ2n) is 7.96. The lowest BCUT2D eigenvalue weighted by molar-refractivity contribution is -0.644. The maximum absolute atomic E-state index is 10.2. The zero-order valence-electron chi connectivity index (χ0n) is 18.4. The lowest BCUT2D eigenvalue weighted by Gasteiger charge is -2.39. The molecule has 0 aliphatic carbocycles. The maximum atomic E-state index is 10.2. The fraction of sp³-hybridized carbons (Fsp3) is 0.320. The largest absolute Gasteiger partial charge is 0.493 e. The van der Waals surface area contributed by atoms with Gasteiger partial charge in [0.05, 0.1) is 19.1 Å². The van der Waals surface area contributed by atoms with E-state index in [9.17, 15) is 20.4 Å². The highest BCUT2D eigenvalue weighted by atomic mass is 16.7. The molecule has 1 aromatic heterocycles. The Morgan fingerprint density at radius 2 is 1.76 bits per heavy atom. The number of nitrogens with zero attached hydrogens (tertiary/aromatic N) is 1. The average molecular weight is 454 g/mol. The van der Waals surface area contributed by atoms with Crippen molar-refractivity contribution in [2.24, 2.45) is 7.05 Å². The number of ether oxygens (including phenoxy) is 3. The topological polar surface area (TPSA) is 112 Å². The molecule has 3 aromatic rings. The van der Waals surface area contributed by atoms with Crippen molar-refractivity contribution in [3.05, 3.63) is 65.9 Å². The fourth-order valence-corrected chi connectivity index (χ4v) is 3.89. The Kier molecular flexibility index (Phi) is 6.92. The predicted molar refractivity (Wildman–Crippen MR) is 121 cm³/mol. The van der Waals surface area contributed by atoms with Crippen LogP contribution in [0.4, 0.5) is 0 Å². The molecule has 1 aliphatic rings. The molecule has 2 aromatic carbocycles. The highest BCUT2D eigenvalue weighted by molar-refractivity contribution is 5.88. The van der Waals surface area contributed by atoms with Gasteiger partial charge in [0.15, 0.2) is 17.7 Å². The molecule has 0 saturated carbocycles. The van der Waals surface area contributed by atoms with Gasteiger partial charge in [-0.1, -0.05) is 30.4 Å². The van der Waals surface area contributed by atoms with Gasteiger partial charge in [0.1, 0.15) is 31.5 Å². The molecule has 1 fully saturated rings. The number of aryl methyl sites for hydroxylation is 1. The molecule has 174 valence electrons. The van der Waals surface area contributed by atoms with E-state index >= 15 is 0 Å². The second kappa shape index (κ2) is 9.86. The molecule has 2 heterocycles. The third kappa shape index (κ3) is 4.71. The lowest BCUT2D eigenvalue weighted by Crippen LogP contribution is -2.60. The van der Waals surface area contributed by atoms with Gasteiger partial charge in [-0.15, -0.1) is 0 Å². The molecule has 4 N–H and O–H groups in total. The smallest absolute Gasteiger partial charge is 0.229 e. The lowest BCUT2D eigenvalue weighted by atomic mass is 9.99. The van der Waals surface area contributed by atoms with Crippen LogP contribution < -0.4 is 14.0 Å². The molecule has 33 heavy (non-hydrogen) atoms. The van der Waals surface area contributed by atoms with Gasteiger partial charge in [-0.25, -0.2) is 4.57 Å². The summed E-state index contributed by atoms with van der Waals surface area (Å²) in [7, 11) is 3.50. The minimum Gasteiger partial charge on any atom is -0.493 e. The number of rotatable bonds is 6. The van der Waals surface area contributed by atoms with E-state index in [1.54, 1.807) is 12.1 Å². The number of pyridine rings is 1. The zero-order valence-corrected chi connectivity index (χ0v) is 18.4. The zero-order chi connectivity index (χ0) is 23.5. The molecule has 5 atom stereocenters. The van der Waals surface area contributed by atoms with E-state index in [2.05, 4.69) is 16.7 Å². The molecular formula is C25H28NO7+. The number of hydrogen-bond acceptors (Lipinski definition) is 7. The summed E-state index contributed by atoms with van der Waals surface area (Å²) in [5.74, 6) is 0.689. The Morgan fingerprint density at radius 1 is 0.970 bits per heavy atom. The first-order valence-electron chi connectivity index (χ1n) is 10.6. The Hall–Kier alpha value is -3.01. The SMILES string of the molecule is COc1cc(/C=C/c2cc[n+](C)c3ccccc23)ccc1O[C@@H]1O[C@H](CO)[C@H](O)[C@H](O)[C@H]1O. The summed E-state index contributed by atoms with van der Waals surface area (Å²) in [6.45, 7) is -0.530. The standard InChI is InChI=1S/C25H28NO7/c1-26-12-11-16(17-5-3-4-6-18(17)26)9-7-15-8-10-19(20(13-15)31-2)32-25-24(30)23(29)22(28)21(14-27)33-25/h3-13,21-25,27-30H,14H2,1-2H3/q+1/b9-7+/t21-,22+,23+,24-,25-/m1/s1. The molecule has 1 aliphatic heterocycles. The van der Waals surface area contributed by atoms with Crippen LogP contribution in [0.5, 0.6) is 11.5 Å². The number of aliphatic hydroxyl groups is 4. The summed E-state index contributed by atoms with van der Waals surface area (Å²) in [6.07, 6.45) is -0.805. The van der Waals surface area contributed by atoms with E-state index < -0.39 is 37.3 Å². The summed E-state index contributed by atoms with van der Waals surface area (Å²) in [6, 6.07) is 15.5. The van der Waals surface area contributed by atoms with Gasteiger partial charge in [0, 0.05) is 12.1 Å². The Bertz CT molecular complexity index is 1150. The molecule has 4 rings (SSSR count). The van der Waals surface area contributed by atoms with Crippen LogP contribution in [0.25, 0.3) is 23.1 Å². The van der Waals surface area contributed by atoms with Crippen molar-refractivity contribution in [3.63, 3.8) is 0 Å². The van der Waals surface area contributed by atoms with Gasteiger partial charge in [-0.05, 0) is 29.3 Å².